The number of anilines is 1. The summed E-state index contributed by atoms with van der Waals surface area (Å²) < 4.78 is 4.19. The Bertz CT molecular complexity index is 682. The van der Waals surface area contributed by atoms with Crippen molar-refractivity contribution in [2.45, 2.75) is 26.6 Å². The molecule has 0 radical (unpaired) electrons. The second-order valence-corrected chi connectivity index (χ2v) is 5.00. The fourth-order valence-corrected chi connectivity index (χ4v) is 2.50. The van der Waals surface area contributed by atoms with E-state index in [-0.39, 0.29) is 0 Å². The molecule has 0 atom stereocenters. The standard InChI is InChI=1S/C17H20N4/c1-2-20-11-5-8-16(20)13-18-17-9-4-3-7-15(17)14-21-12-6-10-19-21/h3-12,18H,2,13-14H2,1H3. The topological polar surface area (TPSA) is 34.8 Å². The van der Waals surface area contributed by atoms with Gasteiger partial charge in [0.05, 0.1) is 13.1 Å². The first-order valence-corrected chi connectivity index (χ1v) is 7.30. The van der Waals surface area contributed by atoms with E-state index in [1.165, 1.54) is 11.3 Å². The van der Waals surface area contributed by atoms with E-state index in [2.05, 4.69) is 64.5 Å². The maximum Gasteiger partial charge on any atom is 0.0679 e. The molecule has 0 fully saturated rings. The summed E-state index contributed by atoms with van der Waals surface area (Å²) in [6.45, 7) is 4.77. The van der Waals surface area contributed by atoms with Gasteiger partial charge < -0.3 is 9.88 Å². The summed E-state index contributed by atoms with van der Waals surface area (Å²) in [5, 5.41) is 7.82. The van der Waals surface area contributed by atoms with Crippen molar-refractivity contribution in [3.63, 3.8) is 0 Å². The van der Waals surface area contributed by atoms with Crippen molar-refractivity contribution in [3.05, 3.63) is 72.3 Å². The van der Waals surface area contributed by atoms with E-state index in [4.69, 9.17) is 0 Å². The van der Waals surface area contributed by atoms with E-state index in [9.17, 15) is 0 Å². The fourth-order valence-electron chi connectivity index (χ4n) is 2.50. The molecule has 0 aliphatic heterocycles. The van der Waals surface area contributed by atoms with Gasteiger partial charge in [-0.05, 0) is 36.8 Å². The Balaban J connectivity index is 1.73. The molecule has 3 rings (SSSR count). The molecule has 2 aromatic heterocycles. The largest absolute Gasteiger partial charge is 0.379 e. The third kappa shape index (κ3) is 3.16. The van der Waals surface area contributed by atoms with Crippen LogP contribution >= 0.6 is 0 Å². The molecule has 0 amide bonds. The first kappa shape index (κ1) is 13.5. The average molecular weight is 280 g/mol. The molecule has 0 saturated heterocycles. The van der Waals surface area contributed by atoms with Crippen molar-refractivity contribution in [1.82, 2.24) is 14.3 Å². The van der Waals surface area contributed by atoms with Gasteiger partial charge in [-0.15, -0.1) is 0 Å². The van der Waals surface area contributed by atoms with E-state index < -0.39 is 0 Å². The van der Waals surface area contributed by atoms with Gasteiger partial charge in [-0.25, -0.2) is 0 Å². The third-order valence-corrected chi connectivity index (χ3v) is 3.63. The lowest BCUT2D eigenvalue weighted by molar-refractivity contribution is 0.686. The van der Waals surface area contributed by atoms with Crippen LogP contribution in [0.4, 0.5) is 5.69 Å². The third-order valence-electron chi connectivity index (χ3n) is 3.63. The minimum atomic E-state index is 0.783. The molecule has 3 aromatic rings. The Morgan fingerprint density at radius 1 is 1.05 bits per heavy atom. The van der Waals surface area contributed by atoms with Gasteiger partial charge in [-0.1, -0.05) is 18.2 Å². The van der Waals surface area contributed by atoms with Gasteiger partial charge in [0.15, 0.2) is 0 Å². The molecular formula is C17H20N4. The molecule has 4 nitrogen and oxygen atoms in total. The zero-order chi connectivity index (χ0) is 14.5. The maximum absolute atomic E-state index is 4.27. The number of aromatic nitrogens is 3. The van der Waals surface area contributed by atoms with Crippen LogP contribution in [0.2, 0.25) is 0 Å². The number of aryl methyl sites for hydroxylation is 1. The number of hydrogen-bond donors (Lipinski definition) is 1. The number of benzene rings is 1. The van der Waals surface area contributed by atoms with Crippen molar-refractivity contribution < 1.29 is 0 Å². The van der Waals surface area contributed by atoms with Crippen LogP contribution in [-0.2, 0) is 19.6 Å². The van der Waals surface area contributed by atoms with Crippen molar-refractivity contribution in [1.29, 1.82) is 0 Å². The zero-order valence-corrected chi connectivity index (χ0v) is 12.2. The average Bonchev–Trinajstić information content (AvgIpc) is 3.17. The summed E-state index contributed by atoms with van der Waals surface area (Å²) in [4.78, 5) is 0. The molecular weight excluding hydrogens is 260 g/mol. The number of rotatable bonds is 6. The lowest BCUT2D eigenvalue weighted by Gasteiger charge is -2.13. The lowest BCUT2D eigenvalue weighted by atomic mass is 10.1. The van der Waals surface area contributed by atoms with E-state index >= 15 is 0 Å². The van der Waals surface area contributed by atoms with E-state index in [0.29, 0.717) is 0 Å². The lowest BCUT2D eigenvalue weighted by Crippen LogP contribution is -2.09. The van der Waals surface area contributed by atoms with Gasteiger partial charge in [-0.2, -0.15) is 5.10 Å². The molecule has 0 unspecified atom stereocenters. The highest BCUT2D eigenvalue weighted by Crippen LogP contribution is 2.17. The highest BCUT2D eigenvalue weighted by atomic mass is 15.3. The predicted molar refractivity (Wildman–Crippen MR) is 85.2 cm³/mol. The molecule has 0 aliphatic carbocycles. The van der Waals surface area contributed by atoms with Crippen LogP contribution in [0.15, 0.2) is 61.1 Å². The van der Waals surface area contributed by atoms with Crippen LogP contribution in [0.5, 0.6) is 0 Å². The molecule has 0 spiro atoms. The summed E-state index contributed by atoms with van der Waals surface area (Å²) >= 11 is 0. The summed E-state index contributed by atoms with van der Waals surface area (Å²) in [7, 11) is 0. The highest BCUT2D eigenvalue weighted by molar-refractivity contribution is 5.51. The quantitative estimate of drug-likeness (QED) is 0.751. The molecule has 1 aromatic carbocycles. The Morgan fingerprint density at radius 2 is 1.95 bits per heavy atom. The van der Waals surface area contributed by atoms with Crippen LogP contribution in [0, 0.1) is 0 Å². The molecule has 0 saturated carbocycles. The molecule has 21 heavy (non-hydrogen) atoms. The SMILES string of the molecule is CCn1cccc1CNc1ccccc1Cn1cccn1. The number of hydrogen-bond acceptors (Lipinski definition) is 2. The normalized spacial score (nSPS) is 10.7. The summed E-state index contributed by atoms with van der Waals surface area (Å²) in [5.74, 6) is 0. The van der Waals surface area contributed by atoms with Gasteiger partial charge in [0.25, 0.3) is 0 Å². The van der Waals surface area contributed by atoms with Crippen LogP contribution in [0.25, 0.3) is 0 Å². The second-order valence-electron chi connectivity index (χ2n) is 5.00. The van der Waals surface area contributed by atoms with Gasteiger partial charge in [0, 0.05) is 36.5 Å². The second kappa shape index (κ2) is 6.31. The van der Waals surface area contributed by atoms with Crippen LogP contribution in [0.1, 0.15) is 18.2 Å². The first-order valence-electron chi connectivity index (χ1n) is 7.30. The van der Waals surface area contributed by atoms with Crippen LogP contribution in [0.3, 0.4) is 0 Å². The van der Waals surface area contributed by atoms with Crippen LogP contribution < -0.4 is 5.32 Å². The van der Waals surface area contributed by atoms with E-state index in [0.717, 1.165) is 25.3 Å². The Labute approximate surface area is 125 Å². The minimum absolute atomic E-state index is 0.783. The van der Waals surface area contributed by atoms with E-state index in [1.54, 1.807) is 0 Å². The van der Waals surface area contributed by atoms with Gasteiger partial charge >= 0.3 is 0 Å². The summed E-state index contributed by atoms with van der Waals surface area (Å²) in [6.07, 6.45) is 5.91. The Morgan fingerprint density at radius 3 is 2.76 bits per heavy atom. The molecule has 0 aliphatic rings. The molecule has 108 valence electrons. The van der Waals surface area contributed by atoms with Crippen LogP contribution in [-0.4, -0.2) is 14.3 Å². The van der Waals surface area contributed by atoms with E-state index in [1.807, 2.05) is 23.1 Å². The van der Waals surface area contributed by atoms with Crippen molar-refractivity contribution in [2.75, 3.05) is 5.32 Å². The Hall–Kier alpha value is -2.49. The molecule has 2 heterocycles. The number of nitrogens with zero attached hydrogens (tertiary/aromatic N) is 3. The molecule has 4 heteroatoms. The van der Waals surface area contributed by atoms with Crippen molar-refractivity contribution in [2.24, 2.45) is 0 Å². The fraction of sp³-hybridized carbons (Fsp3) is 0.235. The first-order chi connectivity index (χ1) is 10.4. The number of nitrogens with one attached hydrogen (secondary N) is 1. The van der Waals surface area contributed by atoms with Crippen molar-refractivity contribution >= 4 is 5.69 Å². The monoisotopic (exact) mass is 280 g/mol. The minimum Gasteiger partial charge on any atom is -0.379 e. The Kier molecular flexibility index (Phi) is 4.05. The number of para-hydroxylation sites is 1. The van der Waals surface area contributed by atoms with Gasteiger partial charge in [0.2, 0.25) is 0 Å². The zero-order valence-electron chi connectivity index (χ0n) is 12.2. The van der Waals surface area contributed by atoms with Gasteiger partial charge in [-0.3, -0.25) is 4.68 Å². The van der Waals surface area contributed by atoms with Crippen molar-refractivity contribution in [3.8, 4) is 0 Å². The summed E-state index contributed by atoms with van der Waals surface area (Å²) in [6, 6.07) is 14.6. The smallest absolute Gasteiger partial charge is 0.0679 e. The summed E-state index contributed by atoms with van der Waals surface area (Å²) in [5.41, 5.74) is 3.71. The molecule has 0 bridgehead atoms. The van der Waals surface area contributed by atoms with Gasteiger partial charge in [0.1, 0.15) is 0 Å². The predicted octanol–water partition coefficient (Wildman–Crippen LogP) is 3.36. The molecule has 1 N–H and O–H groups in total. The maximum atomic E-state index is 4.27. The highest BCUT2D eigenvalue weighted by Gasteiger charge is 2.04.